The zero-order chi connectivity index (χ0) is 20.3. The molecule has 9 heteroatoms. The molecule has 0 spiro atoms. The van der Waals surface area contributed by atoms with Crippen LogP contribution in [-0.4, -0.2) is 46.9 Å². The van der Waals surface area contributed by atoms with E-state index < -0.39 is 23.8 Å². The monoisotopic (exact) mass is 440 g/mol. The number of rotatable bonds is 6. The topological polar surface area (TPSA) is 155 Å². The van der Waals surface area contributed by atoms with E-state index in [4.69, 9.17) is 10.2 Å². The molecule has 0 aliphatic carbocycles. The second kappa shape index (κ2) is 25.3. The van der Waals surface area contributed by atoms with Crippen molar-refractivity contribution >= 4 is 23.5 Å². The number of aliphatic carboxylic acids is 2. The van der Waals surface area contributed by atoms with Crippen LogP contribution in [-0.2, 0) is 45.4 Å². The summed E-state index contributed by atoms with van der Waals surface area (Å²) in [7, 11) is 0. The van der Waals surface area contributed by atoms with E-state index >= 15 is 0 Å². The molecule has 0 aromatic rings. The second-order valence-corrected chi connectivity index (χ2v) is 4.41. The molecule has 0 fully saturated rings. The van der Waals surface area contributed by atoms with Crippen LogP contribution in [0.1, 0.15) is 54.4 Å². The van der Waals surface area contributed by atoms with Gasteiger partial charge in [-0.15, -0.1) is 0 Å². The first-order chi connectivity index (χ1) is 11.0. The number of carboxylic acids is 2. The Morgan fingerprint density at radius 1 is 0.720 bits per heavy atom. The van der Waals surface area contributed by atoms with E-state index in [0.717, 1.165) is 0 Å². The molecule has 0 aromatic carbocycles. The number of carbonyl (C=O) groups excluding carboxylic acids is 4. The van der Waals surface area contributed by atoms with Crippen molar-refractivity contribution in [3.05, 3.63) is 0 Å². The van der Waals surface area contributed by atoms with Gasteiger partial charge in [-0.3, -0.25) is 9.59 Å². The second-order valence-electron chi connectivity index (χ2n) is 4.41. The maximum Gasteiger partial charge on any atom is 2.00 e. The molecule has 0 heterocycles. The van der Waals surface area contributed by atoms with Crippen molar-refractivity contribution in [3.8, 4) is 0 Å². The van der Waals surface area contributed by atoms with Crippen molar-refractivity contribution < 1.29 is 65.8 Å². The van der Waals surface area contributed by atoms with Crippen molar-refractivity contribution in [2.75, 3.05) is 13.2 Å². The maximum absolute atomic E-state index is 10.4. The molecule has 0 aliphatic rings. The fourth-order valence-corrected chi connectivity index (χ4v) is 1.24. The average Bonchev–Trinajstić information content (AvgIpc) is 2.40. The smallest absolute Gasteiger partial charge is 0.549 e. The Kier molecular flexibility index (Phi) is 35.7. The Balaban J connectivity index is -0.0000000788. The predicted molar refractivity (Wildman–Crippen MR) is 84.5 cm³/mol. The number of hydrogen-bond donors (Lipinski definition) is 2. The number of carboxylic acid groups (broad SMARTS) is 2. The Bertz CT molecular complexity index is 296. The molecular weight excluding hydrogens is 411 g/mol. The van der Waals surface area contributed by atoms with E-state index in [9.17, 15) is 29.4 Å². The Labute approximate surface area is 168 Å². The van der Waals surface area contributed by atoms with E-state index in [2.05, 4.69) is 0 Å². The quantitative estimate of drug-likeness (QED) is 0.482. The van der Waals surface area contributed by atoms with Gasteiger partial charge in [0.15, 0.2) is 0 Å². The van der Waals surface area contributed by atoms with Gasteiger partial charge in [-0.1, -0.05) is 13.8 Å². The SMILES string of the molecule is CCC(C(C)=O)C(=O)[O-].CCC(C(C)=O)C(=O)[O-].CCO.CCO.[Zr+2]. The van der Waals surface area contributed by atoms with Gasteiger partial charge in [-0.05, 0) is 40.5 Å². The molecule has 2 atom stereocenters. The summed E-state index contributed by atoms with van der Waals surface area (Å²) in [4.78, 5) is 40.9. The van der Waals surface area contributed by atoms with Crippen molar-refractivity contribution in [3.63, 3.8) is 0 Å². The van der Waals surface area contributed by atoms with Crippen LogP contribution in [0.25, 0.3) is 0 Å². The summed E-state index contributed by atoms with van der Waals surface area (Å²) >= 11 is 0. The first-order valence-corrected chi connectivity index (χ1v) is 7.66. The minimum Gasteiger partial charge on any atom is -0.549 e. The maximum atomic E-state index is 10.4. The standard InChI is InChI=1S/2C6H10O3.2C2H6O.Zr/c2*1-3-5(4(2)7)6(8)9;2*1-2-3;/h2*5H,3H2,1-2H3,(H,8,9);2*3H,2H2,1H3;/q;;;;+2/p-2. The number of ketones is 2. The average molecular weight is 442 g/mol. The number of aliphatic hydroxyl groups is 2. The number of Topliss-reactive ketones (excluding diaryl/α,β-unsaturated/α-hetero) is 2. The zero-order valence-corrected chi connectivity index (χ0v) is 18.3. The molecule has 0 amide bonds. The van der Waals surface area contributed by atoms with Gasteiger partial charge in [0.05, 0.1) is 23.8 Å². The third-order valence-electron chi connectivity index (χ3n) is 2.37. The fourth-order valence-electron chi connectivity index (χ4n) is 1.24. The van der Waals surface area contributed by atoms with E-state index in [1.165, 1.54) is 13.8 Å². The normalized spacial score (nSPS) is 10.6. The van der Waals surface area contributed by atoms with Crippen molar-refractivity contribution in [1.29, 1.82) is 0 Å². The molecule has 25 heavy (non-hydrogen) atoms. The van der Waals surface area contributed by atoms with Crippen LogP contribution in [0.4, 0.5) is 0 Å². The van der Waals surface area contributed by atoms with Crippen molar-refractivity contribution in [2.45, 2.75) is 54.4 Å². The van der Waals surface area contributed by atoms with Gasteiger partial charge in [0, 0.05) is 13.2 Å². The van der Waals surface area contributed by atoms with Crippen LogP contribution in [0.15, 0.2) is 0 Å². The Hall–Kier alpha value is -0.917. The summed E-state index contributed by atoms with van der Waals surface area (Å²) in [5.74, 6) is -5.04. The summed E-state index contributed by atoms with van der Waals surface area (Å²) in [6.07, 6.45) is 0.634. The van der Waals surface area contributed by atoms with Crippen LogP contribution in [0, 0.1) is 11.8 Å². The van der Waals surface area contributed by atoms with Crippen LogP contribution < -0.4 is 10.2 Å². The minimum atomic E-state index is -1.27. The van der Waals surface area contributed by atoms with Crippen LogP contribution in [0.5, 0.6) is 0 Å². The minimum absolute atomic E-state index is 0. The van der Waals surface area contributed by atoms with Gasteiger partial charge in [-0.25, -0.2) is 0 Å². The zero-order valence-electron chi connectivity index (χ0n) is 15.8. The van der Waals surface area contributed by atoms with Crippen LogP contribution in [0.3, 0.4) is 0 Å². The van der Waals surface area contributed by atoms with Crippen molar-refractivity contribution in [1.82, 2.24) is 0 Å². The van der Waals surface area contributed by atoms with E-state index in [-0.39, 0.29) is 51.0 Å². The Morgan fingerprint density at radius 3 is 0.880 bits per heavy atom. The third kappa shape index (κ3) is 28.2. The molecule has 2 N–H and O–H groups in total. The summed E-state index contributed by atoms with van der Waals surface area (Å²) in [6, 6.07) is 0. The van der Waals surface area contributed by atoms with E-state index in [0.29, 0.717) is 12.8 Å². The van der Waals surface area contributed by atoms with Gasteiger partial charge in [0.2, 0.25) is 0 Å². The molecule has 0 saturated heterocycles. The summed E-state index contributed by atoms with van der Waals surface area (Å²) < 4.78 is 0. The van der Waals surface area contributed by atoms with Gasteiger partial charge in [-0.2, -0.15) is 0 Å². The van der Waals surface area contributed by atoms with E-state index in [1.807, 2.05) is 0 Å². The van der Waals surface area contributed by atoms with E-state index in [1.54, 1.807) is 27.7 Å². The molecule has 0 radical (unpaired) electrons. The summed E-state index contributed by atoms with van der Waals surface area (Å²) in [6.45, 7) is 9.65. The molecule has 146 valence electrons. The van der Waals surface area contributed by atoms with Gasteiger partial charge in [0.25, 0.3) is 0 Å². The van der Waals surface area contributed by atoms with Gasteiger partial charge in [0.1, 0.15) is 11.6 Å². The first kappa shape index (κ1) is 35.2. The Morgan fingerprint density at radius 2 is 0.880 bits per heavy atom. The molecule has 2 unspecified atom stereocenters. The third-order valence-corrected chi connectivity index (χ3v) is 2.37. The summed E-state index contributed by atoms with van der Waals surface area (Å²) in [5.41, 5.74) is 0. The van der Waals surface area contributed by atoms with Crippen LogP contribution in [0.2, 0.25) is 0 Å². The van der Waals surface area contributed by atoms with Crippen molar-refractivity contribution in [2.24, 2.45) is 11.8 Å². The number of carbonyl (C=O) groups is 4. The molecule has 8 nitrogen and oxygen atoms in total. The largest absolute Gasteiger partial charge is 2.00 e. The number of aliphatic hydroxyl groups excluding tert-OH is 2. The van der Waals surface area contributed by atoms with Gasteiger partial charge >= 0.3 is 26.2 Å². The fraction of sp³-hybridized carbons (Fsp3) is 0.750. The predicted octanol–water partition coefficient (Wildman–Crippen LogP) is -1.30. The molecule has 0 aliphatic heterocycles. The molecule has 0 aromatic heterocycles. The van der Waals surface area contributed by atoms with Crippen LogP contribution >= 0.6 is 0 Å². The number of hydrogen-bond acceptors (Lipinski definition) is 8. The molecular formula is C16H30O8Zr. The molecule has 0 rings (SSSR count). The first-order valence-electron chi connectivity index (χ1n) is 7.66. The molecule has 0 bridgehead atoms. The van der Waals surface area contributed by atoms with Gasteiger partial charge < -0.3 is 30.0 Å². The summed E-state index contributed by atoms with van der Waals surface area (Å²) in [5, 5.41) is 35.2. The molecule has 0 saturated carbocycles.